The average Bonchev–Trinajstić information content (AvgIpc) is 2.31. The van der Waals surface area contributed by atoms with E-state index in [4.69, 9.17) is 4.74 Å². The molecule has 1 aromatic carbocycles. The van der Waals surface area contributed by atoms with Gasteiger partial charge in [-0.05, 0) is 30.5 Å². The topological polar surface area (TPSA) is 21.3 Å². The minimum atomic E-state index is -0.155. The molecule has 0 amide bonds. The molecule has 2 nitrogen and oxygen atoms in total. The van der Waals surface area contributed by atoms with E-state index in [0.717, 1.165) is 31.6 Å². The van der Waals surface area contributed by atoms with Gasteiger partial charge in [-0.25, -0.2) is 4.39 Å². The normalized spacial score (nSPS) is 24.4. The van der Waals surface area contributed by atoms with Crippen molar-refractivity contribution in [1.82, 2.24) is 5.32 Å². The number of halogens is 1. The second-order valence-electron chi connectivity index (χ2n) is 5.39. The maximum Gasteiger partial charge on any atom is 0.123 e. The van der Waals surface area contributed by atoms with Gasteiger partial charge >= 0.3 is 0 Å². The van der Waals surface area contributed by atoms with Crippen LogP contribution in [0.3, 0.4) is 0 Å². The molecule has 18 heavy (non-hydrogen) atoms. The summed E-state index contributed by atoms with van der Waals surface area (Å²) in [5, 5.41) is 3.59. The molecule has 0 saturated carbocycles. The van der Waals surface area contributed by atoms with Gasteiger partial charge in [0.2, 0.25) is 0 Å². The number of benzene rings is 1. The third kappa shape index (κ3) is 3.79. The van der Waals surface area contributed by atoms with E-state index in [9.17, 15) is 4.39 Å². The third-order valence-corrected chi connectivity index (χ3v) is 3.41. The highest BCUT2D eigenvalue weighted by Crippen LogP contribution is 2.20. The van der Waals surface area contributed by atoms with E-state index in [1.807, 2.05) is 6.07 Å². The Balaban J connectivity index is 2.00. The van der Waals surface area contributed by atoms with E-state index in [2.05, 4.69) is 19.2 Å². The maximum atomic E-state index is 13.2. The third-order valence-electron chi connectivity index (χ3n) is 3.41. The van der Waals surface area contributed by atoms with Crippen molar-refractivity contribution in [2.45, 2.75) is 38.8 Å². The number of rotatable bonds is 4. The van der Waals surface area contributed by atoms with Crippen molar-refractivity contribution in [3.8, 4) is 0 Å². The molecule has 0 aromatic heterocycles. The fourth-order valence-electron chi connectivity index (χ4n) is 2.61. The van der Waals surface area contributed by atoms with Gasteiger partial charge in [-0.1, -0.05) is 26.0 Å². The molecule has 1 saturated heterocycles. The lowest BCUT2D eigenvalue weighted by atomic mass is 9.89. The molecule has 0 unspecified atom stereocenters. The van der Waals surface area contributed by atoms with Gasteiger partial charge in [-0.15, -0.1) is 0 Å². The number of nitrogens with one attached hydrogen (secondary N) is 1. The molecule has 100 valence electrons. The number of hydrogen-bond donors (Lipinski definition) is 1. The summed E-state index contributed by atoms with van der Waals surface area (Å²) < 4.78 is 18.7. The van der Waals surface area contributed by atoms with Crippen LogP contribution in [-0.4, -0.2) is 25.3 Å². The van der Waals surface area contributed by atoms with Gasteiger partial charge in [0.25, 0.3) is 0 Å². The largest absolute Gasteiger partial charge is 0.381 e. The highest BCUT2D eigenvalue weighted by molar-refractivity contribution is 5.17. The van der Waals surface area contributed by atoms with Gasteiger partial charge in [0.15, 0.2) is 0 Å². The lowest BCUT2D eigenvalue weighted by molar-refractivity contribution is 0.0300. The first-order valence-corrected chi connectivity index (χ1v) is 6.73. The Labute approximate surface area is 109 Å². The zero-order chi connectivity index (χ0) is 13.0. The fourth-order valence-corrected chi connectivity index (χ4v) is 2.61. The summed E-state index contributed by atoms with van der Waals surface area (Å²) in [6.45, 7) is 5.91. The maximum absolute atomic E-state index is 13.2. The lowest BCUT2D eigenvalue weighted by Crippen LogP contribution is -2.46. The molecule has 2 atom stereocenters. The summed E-state index contributed by atoms with van der Waals surface area (Å²) in [6.07, 6.45) is 1.92. The molecule has 1 aliphatic heterocycles. The molecule has 1 fully saturated rings. The molecule has 1 N–H and O–H groups in total. The Morgan fingerprint density at radius 1 is 1.44 bits per heavy atom. The molecule has 3 heteroatoms. The van der Waals surface area contributed by atoms with E-state index in [0.29, 0.717) is 18.0 Å². The van der Waals surface area contributed by atoms with Crippen molar-refractivity contribution in [2.75, 3.05) is 13.2 Å². The van der Waals surface area contributed by atoms with Gasteiger partial charge in [-0.3, -0.25) is 0 Å². The van der Waals surface area contributed by atoms with Crippen LogP contribution in [0.15, 0.2) is 24.3 Å². The molecule has 1 aromatic rings. The molecule has 1 heterocycles. The van der Waals surface area contributed by atoms with Crippen molar-refractivity contribution in [2.24, 2.45) is 5.92 Å². The average molecular weight is 251 g/mol. The van der Waals surface area contributed by atoms with Gasteiger partial charge < -0.3 is 10.1 Å². The number of ether oxygens (including phenoxy) is 1. The van der Waals surface area contributed by atoms with Crippen LogP contribution in [-0.2, 0) is 11.2 Å². The molecule has 0 radical (unpaired) electrons. The van der Waals surface area contributed by atoms with Crippen LogP contribution in [0.4, 0.5) is 4.39 Å². The van der Waals surface area contributed by atoms with Gasteiger partial charge in [0.05, 0.1) is 6.61 Å². The predicted molar refractivity (Wildman–Crippen MR) is 71.1 cm³/mol. The van der Waals surface area contributed by atoms with Crippen LogP contribution in [0.1, 0.15) is 25.8 Å². The molecule has 0 spiro atoms. The van der Waals surface area contributed by atoms with Gasteiger partial charge in [0.1, 0.15) is 5.82 Å². The Morgan fingerprint density at radius 3 is 3.00 bits per heavy atom. The first-order valence-electron chi connectivity index (χ1n) is 6.73. The first-order chi connectivity index (χ1) is 8.65. The van der Waals surface area contributed by atoms with Crippen molar-refractivity contribution in [3.63, 3.8) is 0 Å². The minimum absolute atomic E-state index is 0.155. The molecular weight excluding hydrogens is 229 g/mol. The quantitative estimate of drug-likeness (QED) is 0.888. The van der Waals surface area contributed by atoms with Crippen LogP contribution >= 0.6 is 0 Å². The molecule has 0 aliphatic carbocycles. The summed E-state index contributed by atoms with van der Waals surface area (Å²) in [7, 11) is 0. The fraction of sp³-hybridized carbons (Fsp3) is 0.600. The zero-order valence-corrected chi connectivity index (χ0v) is 11.2. The summed E-state index contributed by atoms with van der Waals surface area (Å²) in [4.78, 5) is 0. The lowest BCUT2D eigenvalue weighted by Gasteiger charge is -2.33. The van der Waals surface area contributed by atoms with E-state index in [1.165, 1.54) is 6.07 Å². The highest BCUT2D eigenvalue weighted by Gasteiger charge is 2.26. The summed E-state index contributed by atoms with van der Waals surface area (Å²) in [5.41, 5.74) is 1.06. The van der Waals surface area contributed by atoms with Crippen LogP contribution in [0.2, 0.25) is 0 Å². The standard InChI is InChI=1S/C15H22FNO/c1-11(2)17-15-6-7-18-10-13(15)8-12-4-3-5-14(16)9-12/h3-5,9,11,13,15,17H,6-8,10H2,1-2H3/t13-,15-/m1/s1. The van der Waals surface area contributed by atoms with Crippen LogP contribution < -0.4 is 5.32 Å². The molecule has 1 aliphatic rings. The molecule has 0 bridgehead atoms. The summed E-state index contributed by atoms with van der Waals surface area (Å²) in [5.74, 6) is 0.278. The van der Waals surface area contributed by atoms with Gasteiger partial charge in [-0.2, -0.15) is 0 Å². The Bertz CT molecular complexity index is 381. The van der Waals surface area contributed by atoms with E-state index >= 15 is 0 Å². The van der Waals surface area contributed by atoms with E-state index < -0.39 is 0 Å². The molecule has 2 rings (SSSR count). The summed E-state index contributed by atoms with van der Waals surface area (Å²) in [6, 6.07) is 7.83. The van der Waals surface area contributed by atoms with E-state index in [-0.39, 0.29) is 5.82 Å². The summed E-state index contributed by atoms with van der Waals surface area (Å²) >= 11 is 0. The van der Waals surface area contributed by atoms with E-state index in [1.54, 1.807) is 12.1 Å². The van der Waals surface area contributed by atoms with Crippen molar-refractivity contribution in [3.05, 3.63) is 35.6 Å². The SMILES string of the molecule is CC(C)N[C@@H]1CCOC[C@H]1Cc1cccc(F)c1. The zero-order valence-electron chi connectivity index (χ0n) is 11.2. The minimum Gasteiger partial charge on any atom is -0.381 e. The van der Waals surface area contributed by atoms with Crippen LogP contribution in [0.25, 0.3) is 0 Å². The second-order valence-corrected chi connectivity index (χ2v) is 5.39. The predicted octanol–water partition coefficient (Wildman–Crippen LogP) is 2.77. The highest BCUT2D eigenvalue weighted by atomic mass is 19.1. The van der Waals surface area contributed by atoms with Crippen molar-refractivity contribution >= 4 is 0 Å². The Hall–Kier alpha value is -0.930. The molecular formula is C15H22FNO. The number of hydrogen-bond acceptors (Lipinski definition) is 2. The second kappa shape index (κ2) is 6.30. The smallest absolute Gasteiger partial charge is 0.123 e. The van der Waals surface area contributed by atoms with Gasteiger partial charge in [0, 0.05) is 24.6 Å². The Morgan fingerprint density at radius 2 is 2.28 bits per heavy atom. The van der Waals surface area contributed by atoms with Crippen molar-refractivity contribution in [1.29, 1.82) is 0 Å². The van der Waals surface area contributed by atoms with Crippen LogP contribution in [0, 0.1) is 11.7 Å². The van der Waals surface area contributed by atoms with Crippen molar-refractivity contribution < 1.29 is 9.13 Å². The van der Waals surface area contributed by atoms with Crippen LogP contribution in [0.5, 0.6) is 0 Å². The monoisotopic (exact) mass is 251 g/mol. The Kier molecular flexibility index (Phi) is 4.72. The first kappa shape index (κ1) is 13.5.